The van der Waals surface area contributed by atoms with Gasteiger partial charge in [0.15, 0.2) is 7.14 Å². The second kappa shape index (κ2) is 15.6. The van der Waals surface area contributed by atoms with E-state index in [-0.39, 0.29) is 12.1 Å². The highest BCUT2D eigenvalue weighted by atomic mass is 31.2. The van der Waals surface area contributed by atoms with Crippen LogP contribution in [0, 0.1) is 5.92 Å². The van der Waals surface area contributed by atoms with E-state index in [9.17, 15) is 0 Å². The molecule has 8 aromatic rings. The van der Waals surface area contributed by atoms with Crippen molar-refractivity contribution in [1.82, 2.24) is 5.32 Å². The lowest BCUT2D eigenvalue weighted by molar-refractivity contribution is 0.590. The molecule has 11 rings (SSSR count). The fourth-order valence-corrected chi connectivity index (χ4v) is 11.9. The predicted molar refractivity (Wildman–Crippen MR) is 256 cm³/mol. The molecule has 294 valence electrons. The van der Waals surface area contributed by atoms with E-state index in [4.69, 9.17) is 9.41 Å². The molecule has 2 heterocycles. The molecule has 3 aliphatic rings. The first-order valence-electron chi connectivity index (χ1n) is 21.2. The van der Waals surface area contributed by atoms with Crippen LogP contribution in [0.1, 0.15) is 30.4 Å². The van der Waals surface area contributed by atoms with Crippen LogP contribution in [-0.4, -0.2) is 11.9 Å². The van der Waals surface area contributed by atoms with E-state index in [0.717, 1.165) is 95.9 Å². The average Bonchev–Trinajstić information content (AvgIpc) is 3.74. The van der Waals surface area contributed by atoms with Crippen LogP contribution in [0.25, 0.3) is 49.4 Å². The van der Waals surface area contributed by atoms with E-state index in [0.29, 0.717) is 0 Å². The van der Waals surface area contributed by atoms with Crippen molar-refractivity contribution in [1.29, 1.82) is 0 Å². The lowest BCUT2D eigenvalue weighted by Crippen LogP contribution is -2.36. The van der Waals surface area contributed by atoms with Crippen molar-refractivity contribution in [2.45, 2.75) is 25.4 Å². The number of aliphatic imine (C=N–C) groups is 1. The Morgan fingerprint density at radius 1 is 0.607 bits per heavy atom. The molecule has 2 aliphatic carbocycles. The Bertz CT molecular complexity index is 3160. The van der Waals surface area contributed by atoms with Gasteiger partial charge in [0.1, 0.15) is 17.3 Å². The summed E-state index contributed by atoms with van der Waals surface area (Å²) in [6, 6.07) is 55.8. The number of nitrogens with one attached hydrogen (secondary N) is 1. The summed E-state index contributed by atoms with van der Waals surface area (Å²) >= 11 is 0. The van der Waals surface area contributed by atoms with Crippen molar-refractivity contribution in [3.8, 4) is 11.1 Å². The molecule has 1 aromatic heterocycles. The van der Waals surface area contributed by atoms with Crippen molar-refractivity contribution in [3.05, 3.63) is 229 Å². The molecule has 2 unspecified atom stereocenters. The van der Waals surface area contributed by atoms with Crippen molar-refractivity contribution in [3.63, 3.8) is 0 Å². The van der Waals surface area contributed by atoms with Crippen LogP contribution in [0.4, 0.5) is 0 Å². The Balaban J connectivity index is 0.966. The van der Waals surface area contributed by atoms with Gasteiger partial charge < -0.3 is 14.3 Å². The Hall–Kier alpha value is -7.00. The standard InChI is InChI=1S/C56H43N2O2P/c59-61(43-20-9-3-10-21-43,44-22-11-4-12-23-44)45-34-32-39(33-35-45)49-36-50-54-46(26-15-27-53(54)60-55(50)48-25-14-13-24-47(48)49)38-28-30-41(31-29-38)52-37-51(40-16-5-1-6-17-40)57-56(58-52)42-18-7-2-8-19-42/h1,3-7,9-30,32-37,41,56,58H,2,8,31H2. The maximum absolute atomic E-state index is 15.2. The van der Waals surface area contributed by atoms with E-state index in [1.807, 2.05) is 60.7 Å². The largest absolute Gasteiger partial charge is 0.455 e. The summed E-state index contributed by atoms with van der Waals surface area (Å²) in [7, 11) is -3.11. The second-order valence-corrected chi connectivity index (χ2v) is 18.8. The fourth-order valence-electron chi connectivity index (χ4n) is 9.28. The fraction of sp³-hybridized carbons (Fsp3) is 0.0893. The van der Waals surface area contributed by atoms with Gasteiger partial charge >= 0.3 is 0 Å². The van der Waals surface area contributed by atoms with Crippen LogP contribution >= 0.6 is 7.14 Å². The zero-order chi connectivity index (χ0) is 40.8. The third-order valence-electron chi connectivity index (χ3n) is 12.4. The maximum Gasteiger partial charge on any atom is 0.171 e. The average molecular weight is 807 g/mol. The lowest BCUT2D eigenvalue weighted by atomic mass is 9.87. The first-order valence-corrected chi connectivity index (χ1v) is 22.9. The molecule has 0 radical (unpaired) electrons. The van der Waals surface area contributed by atoms with Crippen molar-refractivity contribution in [2.75, 3.05) is 0 Å². The third-order valence-corrected chi connectivity index (χ3v) is 15.4. The van der Waals surface area contributed by atoms with Gasteiger partial charge in [0.2, 0.25) is 0 Å². The highest BCUT2D eigenvalue weighted by Crippen LogP contribution is 2.45. The topological polar surface area (TPSA) is 54.6 Å². The van der Waals surface area contributed by atoms with Gasteiger partial charge in [-0.05, 0) is 76.3 Å². The predicted octanol–water partition coefficient (Wildman–Crippen LogP) is 12.6. The summed E-state index contributed by atoms with van der Waals surface area (Å²) in [5, 5.41) is 10.6. The Kier molecular flexibility index (Phi) is 9.44. The summed E-state index contributed by atoms with van der Waals surface area (Å²) in [6.07, 6.45) is 18.9. The van der Waals surface area contributed by atoms with Gasteiger partial charge in [0, 0.05) is 43.7 Å². The monoisotopic (exact) mass is 806 g/mol. The summed E-state index contributed by atoms with van der Waals surface area (Å²) in [5.41, 5.74) is 10.8. The summed E-state index contributed by atoms with van der Waals surface area (Å²) in [5.74, 6) is 0.187. The Morgan fingerprint density at radius 2 is 1.30 bits per heavy atom. The number of rotatable bonds is 8. The lowest BCUT2D eigenvalue weighted by Gasteiger charge is -2.30. The van der Waals surface area contributed by atoms with Gasteiger partial charge in [0.05, 0.1) is 5.71 Å². The van der Waals surface area contributed by atoms with Gasteiger partial charge in [0.25, 0.3) is 0 Å². The Labute approximate surface area is 356 Å². The van der Waals surface area contributed by atoms with E-state index < -0.39 is 7.14 Å². The van der Waals surface area contributed by atoms with Crippen LogP contribution in [0.2, 0.25) is 0 Å². The minimum atomic E-state index is -3.11. The highest BCUT2D eigenvalue weighted by Gasteiger charge is 2.30. The van der Waals surface area contributed by atoms with Crippen LogP contribution in [0.5, 0.6) is 0 Å². The number of benzene rings is 7. The maximum atomic E-state index is 15.2. The molecule has 1 N–H and O–H groups in total. The molecule has 0 spiro atoms. The summed E-state index contributed by atoms with van der Waals surface area (Å²) < 4.78 is 21.9. The molecule has 61 heavy (non-hydrogen) atoms. The number of allylic oxidation sites excluding steroid dienone is 7. The minimum absolute atomic E-state index is 0.117. The molecule has 5 heteroatoms. The van der Waals surface area contributed by atoms with E-state index in [1.165, 1.54) is 16.8 Å². The molecule has 1 aliphatic heterocycles. The van der Waals surface area contributed by atoms with Crippen molar-refractivity contribution >= 4 is 67.1 Å². The molecule has 0 amide bonds. The Morgan fingerprint density at radius 3 is 1.98 bits per heavy atom. The third kappa shape index (κ3) is 6.65. The molecule has 7 aromatic carbocycles. The first-order chi connectivity index (χ1) is 30.1. The number of furan rings is 1. The smallest absolute Gasteiger partial charge is 0.171 e. The molecule has 0 fully saturated rings. The van der Waals surface area contributed by atoms with Crippen LogP contribution < -0.4 is 21.2 Å². The molecular formula is C56H43N2O2P. The molecule has 2 atom stereocenters. The number of nitrogens with zero attached hydrogens (tertiary/aromatic N) is 1. The van der Waals surface area contributed by atoms with Gasteiger partial charge in [-0.25, -0.2) is 0 Å². The quantitative estimate of drug-likeness (QED) is 0.156. The van der Waals surface area contributed by atoms with Gasteiger partial charge in [-0.1, -0.05) is 188 Å². The minimum Gasteiger partial charge on any atom is -0.455 e. The number of fused-ring (bicyclic) bond motifs is 5. The molecule has 0 saturated heterocycles. The highest BCUT2D eigenvalue weighted by molar-refractivity contribution is 7.85. The molecular weight excluding hydrogens is 764 g/mol. The van der Waals surface area contributed by atoms with E-state index in [2.05, 4.69) is 151 Å². The molecule has 0 saturated carbocycles. The first kappa shape index (κ1) is 37.0. The SMILES string of the molecule is O=P(c1ccccc1)(c1ccccc1)c1ccc(-c2cc3c(oc4cccc(C5=CCC(C6=CC(c7ccccc7)=NC(C7=CCCC=C7)N6)C=C5)c43)c3ccccc23)cc1. The number of hydrogen-bond acceptors (Lipinski definition) is 4. The second-order valence-electron chi connectivity index (χ2n) is 16.0. The van der Waals surface area contributed by atoms with Crippen LogP contribution in [0.3, 0.4) is 0 Å². The zero-order valence-corrected chi connectivity index (χ0v) is 34.5. The summed E-state index contributed by atoms with van der Waals surface area (Å²) in [6.45, 7) is 0. The van der Waals surface area contributed by atoms with Gasteiger partial charge in [-0.15, -0.1) is 0 Å². The summed E-state index contributed by atoms with van der Waals surface area (Å²) in [4.78, 5) is 5.18. The van der Waals surface area contributed by atoms with Crippen molar-refractivity contribution in [2.24, 2.45) is 10.9 Å². The van der Waals surface area contributed by atoms with Crippen LogP contribution in [-0.2, 0) is 4.57 Å². The molecule has 4 nitrogen and oxygen atoms in total. The van der Waals surface area contributed by atoms with Gasteiger partial charge in [-0.2, -0.15) is 0 Å². The van der Waals surface area contributed by atoms with Gasteiger partial charge in [-0.3, -0.25) is 4.99 Å². The number of hydrogen-bond donors (Lipinski definition) is 1. The zero-order valence-electron chi connectivity index (χ0n) is 33.6. The normalized spacial score (nSPS) is 17.8. The van der Waals surface area contributed by atoms with Crippen LogP contribution in [0.15, 0.2) is 227 Å². The molecule has 0 bridgehead atoms. The van der Waals surface area contributed by atoms with E-state index >= 15 is 4.57 Å². The van der Waals surface area contributed by atoms with E-state index in [1.54, 1.807) is 0 Å². The van der Waals surface area contributed by atoms with Crippen molar-refractivity contribution < 1.29 is 8.98 Å².